The maximum absolute atomic E-state index is 12.7. The third kappa shape index (κ3) is 4.70. The highest BCUT2D eigenvalue weighted by atomic mass is 16.5. The summed E-state index contributed by atoms with van der Waals surface area (Å²) in [6.07, 6.45) is 3.92. The van der Waals surface area contributed by atoms with Gasteiger partial charge < -0.3 is 14.7 Å². The number of morpholine rings is 1. The number of hydrogen-bond donors (Lipinski definition) is 1. The van der Waals surface area contributed by atoms with E-state index in [2.05, 4.69) is 20.8 Å². The average Bonchev–Trinajstić information content (AvgIpc) is 2.35. The third-order valence-corrected chi connectivity index (χ3v) is 4.90. The van der Waals surface area contributed by atoms with E-state index in [0.29, 0.717) is 43.4 Å². The minimum absolute atomic E-state index is 0.0295. The number of carboxylic acid groups (broad SMARTS) is 1. The van der Waals surface area contributed by atoms with Crippen molar-refractivity contribution in [1.82, 2.24) is 4.90 Å². The van der Waals surface area contributed by atoms with Gasteiger partial charge in [-0.25, -0.2) is 0 Å². The number of aliphatic carboxylic acids is 1. The highest BCUT2D eigenvalue weighted by Gasteiger charge is 2.35. The summed E-state index contributed by atoms with van der Waals surface area (Å²) in [5.74, 6) is 0.297. The molecule has 1 N–H and O–H groups in total. The first-order valence-electron chi connectivity index (χ1n) is 8.36. The van der Waals surface area contributed by atoms with Gasteiger partial charge in [-0.3, -0.25) is 9.59 Å². The normalized spacial score (nSPS) is 31.8. The Morgan fingerprint density at radius 3 is 2.64 bits per heavy atom. The van der Waals surface area contributed by atoms with Crippen molar-refractivity contribution in [3.63, 3.8) is 0 Å². The van der Waals surface area contributed by atoms with Crippen molar-refractivity contribution in [1.29, 1.82) is 0 Å². The zero-order valence-corrected chi connectivity index (χ0v) is 14.0. The molecule has 5 heteroatoms. The molecule has 0 spiro atoms. The van der Waals surface area contributed by atoms with Crippen molar-refractivity contribution in [2.75, 3.05) is 19.8 Å². The molecule has 0 aromatic carbocycles. The molecule has 22 heavy (non-hydrogen) atoms. The lowest BCUT2D eigenvalue weighted by Gasteiger charge is -2.40. The van der Waals surface area contributed by atoms with Gasteiger partial charge >= 0.3 is 5.97 Å². The lowest BCUT2D eigenvalue weighted by molar-refractivity contribution is -0.147. The Kier molecular flexibility index (Phi) is 5.48. The zero-order chi connectivity index (χ0) is 16.3. The predicted molar refractivity (Wildman–Crippen MR) is 83.5 cm³/mol. The number of carbonyl (C=O) groups excluding carboxylic acids is 1. The van der Waals surface area contributed by atoms with E-state index in [-0.39, 0.29) is 18.4 Å². The first-order valence-corrected chi connectivity index (χ1v) is 8.36. The molecule has 0 bridgehead atoms. The molecule has 2 rings (SSSR count). The van der Waals surface area contributed by atoms with Crippen molar-refractivity contribution < 1.29 is 19.4 Å². The molecule has 2 aliphatic rings. The first-order chi connectivity index (χ1) is 10.3. The lowest BCUT2D eigenvalue weighted by atomic mass is 9.67. The molecule has 5 nitrogen and oxygen atoms in total. The highest BCUT2D eigenvalue weighted by Crippen LogP contribution is 2.43. The van der Waals surface area contributed by atoms with E-state index in [1.165, 1.54) is 6.42 Å². The van der Waals surface area contributed by atoms with Gasteiger partial charge in [0.25, 0.3) is 0 Å². The van der Waals surface area contributed by atoms with Gasteiger partial charge in [0.15, 0.2) is 0 Å². The SMILES string of the molecule is CC1CC(CC(=O)N2CCOCC2CC(=O)O)CC(C)(C)C1. The Labute approximate surface area is 133 Å². The molecule has 0 aromatic heterocycles. The second kappa shape index (κ2) is 6.99. The fraction of sp³-hybridized carbons (Fsp3) is 0.882. The summed E-state index contributed by atoms with van der Waals surface area (Å²) in [5, 5.41) is 9.00. The molecule has 1 amide bonds. The molecule has 3 unspecified atom stereocenters. The molecule has 0 aromatic rings. The van der Waals surface area contributed by atoms with E-state index in [1.807, 2.05) is 0 Å². The van der Waals surface area contributed by atoms with Crippen LogP contribution in [0.2, 0.25) is 0 Å². The van der Waals surface area contributed by atoms with Gasteiger partial charge in [-0.05, 0) is 36.5 Å². The van der Waals surface area contributed by atoms with Crippen LogP contribution < -0.4 is 0 Å². The Balaban J connectivity index is 1.96. The Bertz CT molecular complexity index is 421. The van der Waals surface area contributed by atoms with Crippen LogP contribution in [0.15, 0.2) is 0 Å². The van der Waals surface area contributed by atoms with Crippen LogP contribution in [0, 0.1) is 17.3 Å². The van der Waals surface area contributed by atoms with Crippen LogP contribution in [-0.4, -0.2) is 47.7 Å². The molecule has 1 aliphatic heterocycles. The van der Waals surface area contributed by atoms with E-state index >= 15 is 0 Å². The van der Waals surface area contributed by atoms with Crippen molar-refractivity contribution in [2.24, 2.45) is 17.3 Å². The van der Waals surface area contributed by atoms with Crippen LogP contribution in [0.1, 0.15) is 52.9 Å². The van der Waals surface area contributed by atoms with Crippen LogP contribution in [0.3, 0.4) is 0 Å². The number of ether oxygens (including phenoxy) is 1. The van der Waals surface area contributed by atoms with Crippen molar-refractivity contribution in [2.45, 2.75) is 58.9 Å². The number of rotatable bonds is 4. The number of amides is 1. The van der Waals surface area contributed by atoms with Crippen molar-refractivity contribution >= 4 is 11.9 Å². The number of nitrogens with zero attached hydrogens (tertiary/aromatic N) is 1. The molecule has 1 heterocycles. The summed E-state index contributed by atoms with van der Waals surface area (Å²) in [7, 11) is 0. The van der Waals surface area contributed by atoms with E-state index < -0.39 is 5.97 Å². The summed E-state index contributed by atoms with van der Waals surface area (Å²) in [6, 6.07) is -0.312. The number of carboxylic acids is 1. The smallest absolute Gasteiger partial charge is 0.305 e. The minimum Gasteiger partial charge on any atom is -0.481 e. The second-order valence-electron chi connectivity index (χ2n) is 7.90. The van der Waals surface area contributed by atoms with Gasteiger partial charge in [-0.15, -0.1) is 0 Å². The quantitative estimate of drug-likeness (QED) is 0.866. The fourth-order valence-corrected chi connectivity index (χ4v) is 4.42. The van der Waals surface area contributed by atoms with Gasteiger partial charge in [-0.2, -0.15) is 0 Å². The van der Waals surface area contributed by atoms with Crippen LogP contribution >= 0.6 is 0 Å². The Morgan fingerprint density at radius 2 is 2.00 bits per heavy atom. The van der Waals surface area contributed by atoms with Gasteiger partial charge in [0.1, 0.15) is 0 Å². The van der Waals surface area contributed by atoms with E-state index in [9.17, 15) is 9.59 Å². The second-order valence-corrected chi connectivity index (χ2v) is 7.90. The highest BCUT2D eigenvalue weighted by molar-refractivity contribution is 5.78. The molecule has 3 atom stereocenters. The maximum atomic E-state index is 12.7. The van der Waals surface area contributed by atoms with Crippen molar-refractivity contribution in [3.05, 3.63) is 0 Å². The fourth-order valence-electron chi connectivity index (χ4n) is 4.42. The largest absolute Gasteiger partial charge is 0.481 e. The van der Waals surface area contributed by atoms with Gasteiger partial charge in [0.2, 0.25) is 5.91 Å². The molecule has 2 fully saturated rings. The summed E-state index contributed by atoms with van der Waals surface area (Å²) in [6.45, 7) is 8.19. The molecular weight excluding hydrogens is 282 g/mol. The minimum atomic E-state index is -0.874. The average molecular weight is 311 g/mol. The zero-order valence-electron chi connectivity index (χ0n) is 14.0. The number of carbonyl (C=O) groups is 2. The molecular formula is C17H29NO4. The van der Waals surface area contributed by atoms with Crippen LogP contribution in [-0.2, 0) is 14.3 Å². The summed E-state index contributed by atoms with van der Waals surface area (Å²) in [5.41, 5.74) is 0.300. The van der Waals surface area contributed by atoms with E-state index in [4.69, 9.17) is 9.84 Å². The predicted octanol–water partition coefficient (Wildman–Crippen LogP) is 2.54. The van der Waals surface area contributed by atoms with Gasteiger partial charge in [0.05, 0.1) is 25.7 Å². The van der Waals surface area contributed by atoms with E-state index in [1.54, 1.807) is 4.90 Å². The van der Waals surface area contributed by atoms with E-state index in [0.717, 1.165) is 12.8 Å². The summed E-state index contributed by atoms with van der Waals surface area (Å²) in [4.78, 5) is 25.4. The third-order valence-electron chi connectivity index (χ3n) is 4.90. The molecule has 1 aliphatic carbocycles. The monoisotopic (exact) mass is 311 g/mol. The van der Waals surface area contributed by atoms with Crippen molar-refractivity contribution in [3.8, 4) is 0 Å². The molecule has 1 saturated heterocycles. The molecule has 1 saturated carbocycles. The summed E-state index contributed by atoms with van der Waals surface area (Å²) >= 11 is 0. The molecule has 126 valence electrons. The van der Waals surface area contributed by atoms with Gasteiger partial charge in [0, 0.05) is 13.0 Å². The topological polar surface area (TPSA) is 66.8 Å². The van der Waals surface area contributed by atoms with Crippen LogP contribution in [0.25, 0.3) is 0 Å². The molecule has 0 radical (unpaired) electrons. The maximum Gasteiger partial charge on any atom is 0.305 e. The summed E-state index contributed by atoms with van der Waals surface area (Å²) < 4.78 is 5.35. The van der Waals surface area contributed by atoms with Crippen LogP contribution in [0.4, 0.5) is 0 Å². The Hall–Kier alpha value is -1.10. The van der Waals surface area contributed by atoms with Crippen LogP contribution in [0.5, 0.6) is 0 Å². The first kappa shape index (κ1) is 17.3. The van der Waals surface area contributed by atoms with Gasteiger partial charge in [-0.1, -0.05) is 20.8 Å². The lowest BCUT2D eigenvalue weighted by Crippen LogP contribution is -2.50. The standard InChI is InChI=1S/C17H29NO4/c1-12-6-13(10-17(2,3)9-12)7-15(19)18-4-5-22-11-14(18)8-16(20)21/h12-14H,4-11H2,1-3H3,(H,20,21). The Morgan fingerprint density at radius 1 is 1.27 bits per heavy atom. The number of hydrogen-bond acceptors (Lipinski definition) is 3.